The van der Waals surface area contributed by atoms with Gasteiger partial charge >= 0.3 is 0 Å². The number of anilines is 1. The molecule has 23 heavy (non-hydrogen) atoms. The molecule has 0 aliphatic rings. The third-order valence-corrected chi connectivity index (χ3v) is 3.86. The molecule has 0 aliphatic heterocycles. The topological polar surface area (TPSA) is 51.0 Å². The second-order valence-corrected chi connectivity index (χ2v) is 6.00. The number of nitrogens with zero attached hydrogens (tertiary/aromatic N) is 2. The van der Waals surface area contributed by atoms with Crippen molar-refractivity contribution in [1.82, 2.24) is 10.2 Å². The lowest BCUT2D eigenvalue weighted by atomic mass is 10.1. The van der Waals surface area contributed by atoms with Gasteiger partial charge < -0.3 is 9.73 Å². The molecule has 1 atom stereocenters. The SMILES string of the molecule is Cc1ccc(-c2nnc([C@H](C)Nc3ccc(C)cc3C)o2)cc1. The minimum absolute atomic E-state index is 0.0527. The molecule has 118 valence electrons. The van der Waals surface area contributed by atoms with E-state index >= 15 is 0 Å². The van der Waals surface area contributed by atoms with Crippen molar-refractivity contribution in [3.63, 3.8) is 0 Å². The molecule has 0 amide bonds. The second-order valence-electron chi connectivity index (χ2n) is 6.00. The molecule has 4 heteroatoms. The summed E-state index contributed by atoms with van der Waals surface area (Å²) in [6.45, 7) is 8.25. The lowest BCUT2D eigenvalue weighted by Crippen LogP contribution is -2.08. The van der Waals surface area contributed by atoms with Crippen LogP contribution in [0.1, 0.15) is 35.5 Å². The van der Waals surface area contributed by atoms with Gasteiger partial charge in [0.15, 0.2) is 0 Å². The van der Waals surface area contributed by atoms with Crippen LogP contribution in [0.3, 0.4) is 0 Å². The van der Waals surface area contributed by atoms with E-state index in [1.54, 1.807) is 0 Å². The van der Waals surface area contributed by atoms with Crippen LogP contribution in [0.2, 0.25) is 0 Å². The minimum Gasteiger partial charge on any atom is -0.418 e. The maximum atomic E-state index is 5.82. The van der Waals surface area contributed by atoms with Gasteiger partial charge in [-0.2, -0.15) is 0 Å². The molecule has 0 saturated carbocycles. The molecule has 3 aromatic rings. The van der Waals surface area contributed by atoms with E-state index in [0.29, 0.717) is 11.8 Å². The number of aryl methyl sites for hydroxylation is 3. The van der Waals surface area contributed by atoms with Crippen molar-refractivity contribution in [3.8, 4) is 11.5 Å². The molecule has 0 bridgehead atoms. The van der Waals surface area contributed by atoms with Crippen LogP contribution in [0.5, 0.6) is 0 Å². The van der Waals surface area contributed by atoms with Crippen LogP contribution in [-0.2, 0) is 0 Å². The predicted octanol–water partition coefficient (Wildman–Crippen LogP) is 4.83. The number of hydrogen-bond acceptors (Lipinski definition) is 4. The summed E-state index contributed by atoms with van der Waals surface area (Å²) in [4.78, 5) is 0. The standard InChI is InChI=1S/C19H21N3O/c1-12-5-8-16(9-6-12)19-22-21-18(23-19)15(4)20-17-10-7-13(2)11-14(17)3/h5-11,15,20H,1-4H3/t15-/m0/s1. The van der Waals surface area contributed by atoms with Crippen molar-refractivity contribution < 1.29 is 4.42 Å². The third-order valence-electron chi connectivity index (χ3n) is 3.86. The zero-order valence-electron chi connectivity index (χ0n) is 13.9. The summed E-state index contributed by atoms with van der Waals surface area (Å²) in [5.41, 5.74) is 5.68. The van der Waals surface area contributed by atoms with E-state index in [4.69, 9.17) is 4.42 Å². The highest BCUT2D eigenvalue weighted by Crippen LogP contribution is 2.25. The first-order valence-electron chi connectivity index (χ1n) is 7.77. The van der Waals surface area contributed by atoms with E-state index in [0.717, 1.165) is 11.3 Å². The first-order chi connectivity index (χ1) is 11.0. The molecule has 1 N–H and O–H groups in total. The van der Waals surface area contributed by atoms with Crippen LogP contribution in [0, 0.1) is 20.8 Å². The zero-order valence-corrected chi connectivity index (χ0v) is 13.9. The highest BCUT2D eigenvalue weighted by molar-refractivity contribution is 5.54. The van der Waals surface area contributed by atoms with Crippen molar-refractivity contribution in [1.29, 1.82) is 0 Å². The summed E-state index contributed by atoms with van der Waals surface area (Å²) in [5.74, 6) is 1.13. The highest BCUT2D eigenvalue weighted by Gasteiger charge is 2.15. The van der Waals surface area contributed by atoms with Crippen molar-refractivity contribution >= 4 is 5.69 Å². The summed E-state index contributed by atoms with van der Waals surface area (Å²) < 4.78 is 5.82. The fourth-order valence-electron chi connectivity index (χ4n) is 2.49. The van der Waals surface area contributed by atoms with Crippen molar-refractivity contribution in [3.05, 3.63) is 65.0 Å². The zero-order chi connectivity index (χ0) is 16.4. The van der Waals surface area contributed by atoms with Crippen LogP contribution >= 0.6 is 0 Å². The Balaban J connectivity index is 1.78. The van der Waals surface area contributed by atoms with E-state index in [-0.39, 0.29) is 6.04 Å². The molecule has 2 aromatic carbocycles. The summed E-state index contributed by atoms with van der Waals surface area (Å²) in [6, 6.07) is 14.3. The number of nitrogens with one attached hydrogen (secondary N) is 1. The molecule has 0 saturated heterocycles. The molecule has 3 rings (SSSR count). The second kappa shape index (κ2) is 6.24. The van der Waals surface area contributed by atoms with Gasteiger partial charge in [-0.05, 0) is 51.5 Å². The van der Waals surface area contributed by atoms with Crippen LogP contribution in [-0.4, -0.2) is 10.2 Å². The number of rotatable bonds is 4. The molecule has 1 heterocycles. The molecule has 0 radical (unpaired) electrons. The normalized spacial score (nSPS) is 12.2. The molecule has 4 nitrogen and oxygen atoms in total. The van der Waals surface area contributed by atoms with Crippen LogP contribution in [0.4, 0.5) is 5.69 Å². The average molecular weight is 307 g/mol. The average Bonchev–Trinajstić information content (AvgIpc) is 3.01. The van der Waals surface area contributed by atoms with E-state index in [9.17, 15) is 0 Å². The Morgan fingerprint density at radius 1 is 0.913 bits per heavy atom. The Morgan fingerprint density at radius 3 is 2.30 bits per heavy atom. The Labute approximate surface area is 136 Å². The summed E-state index contributed by atoms with van der Waals surface area (Å²) in [5, 5.41) is 11.8. The van der Waals surface area contributed by atoms with Gasteiger partial charge in [-0.3, -0.25) is 0 Å². The van der Waals surface area contributed by atoms with Gasteiger partial charge in [0.05, 0.1) is 0 Å². The van der Waals surface area contributed by atoms with Crippen LogP contribution in [0.15, 0.2) is 46.9 Å². The number of aromatic nitrogens is 2. The van der Waals surface area contributed by atoms with Gasteiger partial charge in [0.2, 0.25) is 11.8 Å². The predicted molar refractivity (Wildman–Crippen MR) is 92.4 cm³/mol. The number of hydrogen-bond donors (Lipinski definition) is 1. The first-order valence-corrected chi connectivity index (χ1v) is 7.77. The summed E-state index contributed by atoms with van der Waals surface area (Å²) in [6.07, 6.45) is 0. The first kappa shape index (κ1) is 15.3. The fourth-order valence-corrected chi connectivity index (χ4v) is 2.49. The lowest BCUT2D eigenvalue weighted by molar-refractivity contribution is 0.485. The summed E-state index contributed by atoms with van der Waals surface area (Å²) >= 11 is 0. The van der Waals surface area contributed by atoms with E-state index in [1.807, 2.05) is 31.2 Å². The quantitative estimate of drug-likeness (QED) is 0.749. The fraction of sp³-hybridized carbons (Fsp3) is 0.263. The van der Waals surface area contributed by atoms with E-state index in [1.165, 1.54) is 16.7 Å². The van der Waals surface area contributed by atoms with Crippen molar-refractivity contribution in [2.24, 2.45) is 0 Å². The smallest absolute Gasteiger partial charge is 0.247 e. The lowest BCUT2D eigenvalue weighted by Gasteiger charge is -2.14. The monoisotopic (exact) mass is 307 g/mol. The third kappa shape index (κ3) is 3.42. The Hall–Kier alpha value is -2.62. The molecule has 1 aromatic heterocycles. The largest absolute Gasteiger partial charge is 0.418 e. The van der Waals surface area contributed by atoms with Gasteiger partial charge in [-0.25, -0.2) is 0 Å². The van der Waals surface area contributed by atoms with Crippen molar-refractivity contribution in [2.45, 2.75) is 33.7 Å². The highest BCUT2D eigenvalue weighted by atomic mass is 16.4. The molecular formula is C19H21N3O. The summed E-state index contributed by atoms with van der Waals surface area (Å²) in [7, 11) is 0. The Bertz CT molecular complexity index is 806. The van der Waals surface area contributed by atoms with Crippen LogP contribution in [0.25, 0.3) is 11.5 Å². The van der Waals surface area contributed by atoms with Gasteiger partial charge in [-0.15, -0.1) is 10.2 Å². The molecular weight excluding hydrogens is 286 g/mol. The maximum absolute atomic E-state index is 5.82. The molecule has 0 fully saturated rings. The van der Waals surface area contributed by atoms with Gasteiger partial charge in [-0.1, -0.05) is 35.4 Å². The van der Waals surface area contributed by atoms with Crippen LogP contribution < -0.4 is 5.32 Å². The maximum Gasteiger partial charge on any atom is 0.247 e. The van der Waals surface area contributed by atoms with Gasteiger partial charge in [0.1, 0.15) is 6.04 Å². The number of benzene rings is 2. The minimum atomic E-state index is -0.0527. The molecule has 0 spiro atoms. The van der Waals surface area contributed by atoms with E-state index < -0.39 is 0 Å². The van der Waals surface area contributed by atoms with Gasteiger partial charge in [0, 0.05) is 11.3 Å². The Morgan fingerprint density at radius 2 is 1.61 bits per heavy atom. The Kier molecular flexibility index (Phi) is 4.15. The van der Waals surface area contributed by atoms with Crippen molar-refractivity contribution in [2.75, 3.05) is 5.32 Å². The van der Waals surface area contributed by atoms with Gasteiger partial charge in [0.25, 0.3) is 0 Å². The molecule has 0 aliphatic carbocycles. The molecule has 0 unspecified atom stereocenters. The van der Waals surface area contributed by atoms with E-state index in [2.05, 4.69) is 54.5 Å².